The molecule has 2 rings (SSSR count). The smallest absolute Gasteiger partial charge is 0.113 e. The lowest BCUT2D eigenvalue weighted by Crippen LogP contribution is -2.31. The zero-order chi connectivity index (χ0) is 16.2. The average Bonchev–Trinajstić information content (AvgIpc) is 2.98. The van der Waals surface area contributed by atoms with Crippen molar-refractivity contribution in [3.63, 3.8) is 0 Å². The number of aryl methyl sites for hydroxylation is 1. The van der Waals surface area contributed by atoms with E-state index >= 15 is 0 Å². The minimum absolute atomic E-state index is 0.914. The van der Waals surface area contributed by atoms with E-state index in [0.29, 0.717) is 0 Å². The van der Waals surface area contributed by atoms with Gasteiger partial charge < -0.3 is 16.0 Å². The van der Waals surface area contributed by atoms with E-state index in [1.165, 1.54) is 19.3 Å². The minimum atomic E-state index is 0.914. The fraction of sp³-hybridized carbons (Fsp3) is 0.647. The van der Waals surface area contributed by atoms with Crippen molar-refractivity contribution >= 4 is 11.0 Å². The van der Waals surface area contributed by atoms with Crippen molar-refractivity contribution in [3.8, 4) is 0 Å². The summed E-state index contributed by atoms with van der Waals surface area (Å²) in [6, 6.07) is 8.03. The molecule has 0 bridgehead atoms. The highest BCUT2D eigenvalue weighted by atomic mass is 15.5. The summed E-state index contributed by atoms with van der Waals surface area (Å²) in [5, 5.41) is 19.0. The minimum Gasteiger partial charge on any atom is -0.318 e. The van der Waals surface area contributed by atoms with Gasteiger partial charge in [-0.15, -0.1) is 0 Å². The molecule has 6 heteroatoms. The molecule has 0 radical (unpaired) electrons. The Bertz CT molecular complexity index is 506. The molecule has 0 fully saturated rings. The molecule has 0 aliphatic carbocycles. The molecule has 0 unspecified atom stereocenters. The summed E-state index contributed by atoms with van der Waals surface area (Å²) >= 11 is 0. The number of hydrogen-bond acceptors (Lipinski definition) is 5. The second-order valence-electron chi connectivity index (χ2n) is 5.80. The Morgan fingerprint density at radius 3 is 2.09 bits per heavy atom. The first-order chi connectivity index (χ1) is 11.4. The number of nitrogens with zero attached hydrogens (tertiary/aromatic N) is 3. The summed E-state index contributed by atoms with van der Waals surface area (Å²) in [5.41, 5.74) is 1.97. The van der Waals surface area contributed by atoms with E-state index in [9.17, 15) is 0 Å². The Morgan fingerprint density at radius 2 is 1.39 bits per heavy atom. The van der Waals surface area contributed by atoms with Gasteiger partial charge in [0.2, 0.25) is 0 Å². The second kappa shape index (κ2) is 11.1. The Morgan fingerprint density at radius 1 is 0.783 bits per heavy atom. The SMILES string of the molecule is CNCCNCCNCCCCCCn1nc2ccccc2n1. The lowest BCUT2D eigenvalue weighted by atomic mass is 10.2. The third-order valence-electron chi connectivity index (χ3n) is 3.82. The van der Waals surface area contributed by atoms with Crippen LogP contribution in [0.5, 0.6) is 0 Å². The molecule has 0 aliphatic heterocycles. The van der Waals surface area contributed by atoms with Crippen LogP contribution >= 0.6 is 0 Å². The maximum absolute atomic E-state index is 4.48. The highest BCUT2D eigenvalue weighted by Crippen LogP contribution is 2.08. The fourth-order valence-corrected chi connectivity index (χ4v) is 2.50. The Kier molecular flexibility index (Phi) is 8.61. The van der Waals surface area contributed by atoms with Gasteiger partial charge in [-0.1, -0.05) is 25.0 Å². The summed E-state index contributed by atoms with van der Waals surface area (Å²) in [6.45, 7) is 6.18. The number of likely N-dealkylation sites (N-methyl/N-ethyl adjacent to an activating group) is 1. The quantitative estimate of drug-likeness (QED) is 0.487. The zero-order valence-corrected chi connectivity index (χ0v) is 14.2. The first-order valence-electron chi connectivity index (χ1n) is 8.76. The molecular formula is C17H30N6. The van der Waals surface area contributed by atoms with Crippen LogP contribution in [0.2, 0.25) is 0 Å². The summed E-state index contributed by atoms with van der Waals surface area (Å²) in [6.07, 6.45) is 4.89. The molecule has 6 nitrogen and oxygen atoms in total. The number of hydrogen-bond donors (Lipinski definition) is 3. The van der Waals surface area contributed by atoms with Gasteiger partial charge in [-0.25, -0.2) is 0 Å². The van der Waals surface area contributed by atoms with Gasteiger partial charge >= 0.3 is 0 Å². The molecule has 1 aromatic heterocycles. The largest absolute Gasteiger partial charge is 0.318 e. The molecule has 2 aromatic rings. The predicted octanol–water partition coefficient (Wildman–Crippen LogP) is 1.39. The van der Waals surface area contributed by atoms with Crippen LogP contribution in [-0.2, 0) is 6.54 Å². The lowest BCUT2D eigenvalue weighted by Gasteiger charge is -2.06. The van der Waals surface area contributed by atoms with Crippen molar-refractivity contribution < 1.29 is 0 Å². The average molecular weight is 318 g/mol. The van der Waals surface area contributed by atoms with Crippen molar-refractivity contribution in [1.29, 1.82) is 0 Å². The summed E-state index contributed by atoms with van der Waals surface area (Å²) in [7, 11) is 1.98. The van der Waals surface area contributed by atoms with E-state index in [4.69, 9.17) is 0 Å². The number of aromatic nitrogens is 3. The summed E-state index contributed by atoms with van der Waals surface area (Å²) < 4.78 is 0. The van der Waals surface area contributed by atoms with E-state index in [1.807, 2.05) is 36.1 Å². The van der Waals surface area contributed by atoms with Crippen molar-refractivity contribution in [2.24, 2.45) is 0 Å². The van der Waals surface area contributed by atoms with Crippen molar-refractivity contribution in [1.82, 2.24) is 30.9 Å². The Hall–Kier alpha value is -1.50. The van der Waals surface area contributed by atoms with E-state index in [0.717, 1.165) is 56.7 Å². The molecule has 3 N–H and O–H groups in total. The van der Waals surface area contributed by atoms with Crippen LogP contribution in [0.15, 0.2) is 24.3 Å². The molecule has 0 atom stereocenters. The van der Waals surface area contributed by atoms with Gasteiger partial charge in [-0.05, 0) is 38.6 Å². The topological polar surface area (TPSA) is 66.8 Å². The van der Waals surface area contributed by atoms with Crippen molar-refractivity contribution in [3.05, 3.63) is 24.3 Å². The van der Waals surface area contributed by atoms with E-state index in [2.05, 4.69) is 26.1 Å². The van der Waals surface area contributed by atoms with Crippen LogP contribution in [0.3, 0.4) is 0 Å². The highest BCUT2D eigenvalue weighted by molar-refractivity contribution is 5.72. The van der Waals surface area contributed by atoms with Crippen LogP contribution in [0, 0.1) is 0 Å². The van der Waals surface area contributed by atoms with Crippen LogP contribution in [0.4, 0.5) is 0 Å². The van der Waals surface area contributed by atoms with Crippen LogP contribution in [0.25, 0.3) is 11.0 Å². The standard InChI is InChI=1S/C17H30N6/c1-18-11-12-20-14-13-19-10-6-2-3-7-15-23-21-16-8-4-5-9-17(16)22-23/h4-5,8-9,18-20H,2-3,6-7,10-15H2,1H3. The van der Waals surface area contributed by atoms with Crippen LogP contribution in [-0.4, -0.2) is 54.8 Å². The van der Waals surface area contributed by atoms with Gasteiger partial charge in [0.25, 0.3) is 0 Å². The maximum Gasteiger partial charge on any atom is 0.113 e. The first kappa shape index (κ1) is 17.8. The normalized spacial score (nSPS) is 11.3. The Labute approximate surface area is 139 Å². The highest BCUT2D eigenvalue weighted by Gasteiger charge is 2.00. The molecule has 23 heavy (non-hydrogen) atoms. The fourth-order valence-electron chi connectivity index (χ4n) is 2.50. The second-order valence-corrected chi connectivity index (χ2v) is 5.80. The maximum atomic E-state index is 4.48. The van der Waals surface area contributed by atoms with Gasteiger partial charge in [-0.3, -0.25) is 0 Å². The molecule has 1 aromatic carbocycles. The third kappa shape index (κ3) is 7.07. The molecule has 1 heterocycles. The summed E-state index contributed by atoms with van der Waals surface area (Å²) in [4.78, 5) is 1.83. The third-order valence-corrected chi connectivity index (χ3v) is 3.82. The molecule has 0 amide bonds. The Balaban J connectivity index is 1.42. The number of nitrogens with one attached hydrogen (secondary N) is 3. The first-order valence-corrected chi connectivity index (χ1v) is 8.76. The number of unbranched alkanes of at least 4 members (excludes halogenated alkanes) is 3. The molecule has 0 aliphatic rings. The van der Waals surface area contributed by atoms with E-state index < -0.39 is 0 Å². The van der Waals surface area contributed by atoms with Gasteiger partial charge in [0.15, 0.2) is 0 Å². The van der Waals surface area contributed by atoms with Crippen LogP contribution < -0.4 is 16.0 Å². The molecule has 0 saturated heterocycles. The summed E-state index contributed by atoms with van der Waals surface area (Å²) in [5.74, 6) is 0. The van der Waals surface area contributed by atoms with E-state index in [-0.39, 0.29) is 0 Å². The zero-order valence-electron chi connectivity index (χ0n) is 14.2. The lowest BCUT2D eigenvalue weighted by molar-refractivity contribution is 0.486. The van der Waals surface area contributed by atoms with E-state index in [1.54, 1.807) is 0 Å². The predicted molar refractivity (Wildman–Crippen MR) is 95.7 cm³/mol. The van der Waals surface area contributed by atoms with Crippen LogP contribution in [0.1, 0.15) is 25.7 Å². The number of benzene rings is 1. The number of fused-ring (bicyclic) bond motifs is 1. The van der Waals surface area contributed by atoms with Gasteiger partial charge in [-0.2, -0.15) is 15.0 Å². The molecular weight excluding hydrogens is 288 g/mol. The van der Waals surface area contributed by atoms with Gasteiger partial charge in [0, 0.05) is 26.2 Å². The van der Waals surface area contributed by atoms with Gasteiger partial charge in [0.1, 0.15) is 11.0 Å². The molecule has 128 valence electrons. The monoisotopic (exact) mass is 318 g/mol. The van der Waals surface area contributed by atoms with Crippen molar-refractivity contribution in [2.75, 3.05) is 39.8 Å². The molecule has 0 spiro atoms. The number of rotatable bonds is 13. The van der Waals surface area contributed by atoms with Gasteiger partial charge in [0.05, 0.1) is 6.54 Å². The molecule has 0 saturated carbocycles. The van der Waals surface area contributed by atoms with Crippen molar-refractivity contribution in [2.45, 2.75) is 32.2 Å².